The molecule has 0 aromatic heterocycles. The Bertz CT molecular complexity index is 2270. The van der Waals surface area contributed by atoms with Crippen LogP contribution in [0.3, 0.4) is 0 Å². The van der Waals surface area contributed by atoms with Gasteiger partial charge < -0.3 is 4.52 Å². The molecule has 2 atom stereocenters. The molecule has 0 amide bonds. The highest BCUT2D eigenvalue weighted by Crippen LogP contribution is 2.82. The molecule has 0 aromatic rings. The van der Waals surface area contributed by atoms with Gasteiger partial charge in [0.1, 0.15) is 33.0 Å². The highest BCUT2D eigenvalue weighted by Gasteiger charge is 2.80. The Hall–Kier alpha value is -2.61. The first-order chi connectivity index (χ1) is 37.5. The molecule has 0 saturated carbocycles. The second-order valence-corrected chi connectivity index (χ2v) is 23.4. The lowest BCUT2D eigenvalue weighted by Crippen LogP contribution is -2.59. The summed E-state index contributed by atoms with van der Waals surface area (Å²) < 4.78 is 599. The maximum atomic E-state index is 15.3. The van der Waals surface area contributed by atoms with Gasteiger partial charge in [0.25, 0.3) is 0 Å². The van der Waals surface area contributed by atoms with E-state index in [2.05, 4.69) is 31.6 Å². The van der Waals surface area contributed by atoms with Crippen LogP contribution < -0.4 is 0 Å². The van der Waals surface area contributed by atoms with Gasteiger partial charge in [0.2, 0.25) is 0 Å². The largest absolute Gasteiger partial charge is 0.380 e. The molecule has 2 rings (SSSR count). The summed E-state index contributed by atoms with van der Waals surface area (Å²) in [5, 5.41) is 0. The molecule has 9 nitrogen and oxygen atoms in total. The zero-order valence-corrected chi connectivity index (χ0v) is 42.1. The summed E-state index contributed by atoms with van der Waals surface area (Å²) in [7, 11) is -25.1. The molecule has 0 bridgehead atoms. The number of allylic oxidation sites excluding steroid dienone is 2. The summed E-state index contributed by atoms with van der Waals surface area (Å²) in [5.74, 6) is -116. The van der Waals surface area contributed by atoms with Crippen molar-refractivity contribution in [2.45, 2.75) is 159 Å². The number of halogens is 40. The molecule has 1 heterocycles. The van der Waals surface area contributed by atoms with E-state index in [9.17, 15) is 132 Å². The summed E-state index contributed by atoms with van der Waals surface area (Å²) >= 11 is 0. The first kappa shape index (κ1) is 78.5. The van der Waals surface area contributed by atoms with Crippen LogP contribution >= 0.6 is 23.0 Å². The van der Waals surface area contributed by atoms with Crippen LogP contribution in [0.1, 0.15) is 32.1 Å². The van der Waals surface area contributed by atoms with Crippen LogP contribution in [0.25, 0.3) is 0 Å². The van der Waals surface area contributed by atoms with Crippen LogP contribution in [-0.2, 0) is 27.1 Å². The highest BCUT2D eigenvalue weighted by molar-refractivity contribution is 7.78. The van der Waals surface area contributed by atoms with Crippen LogP contribution in [0.15, 0.2) is 25.7 Å². The number of alkyl halides is 40. The van der Waals surface area contributed by atoms with Crippen molar-refractivity contribution in [1.82, 2.24) is 0 Å². The topological polar surface area (TPSA) is 92.5 Å². The molecule has 0 spiro atoms. The average molecular weight is 1420 g/mol. The van der Waals surface area contributed by atoms with E-state index in [-0.39, 0.29) is 0 Å². The summed E-state index contributed by atoms with van der Waals surface area (Å²) in [6.07, 6.45) is -36.1. The van der Waals surface area contributed by atoms with Gasteiger partial charge in [-0.25, -0.2) is 43.9 Å². The zero-order chi connectivity index (χ0) is 67.3. The summed E-state index contributed by atoms with van der Waals surface area (Å²) in [5.41, 5.74) is 0. The Kier molecular flexibility index (Phi) is 23.3. The molecule has 2 unspecified atom stereocenters. The molecule has 0 N–H and O–H groups in total. The second-order valence-electron chi connectivity index (χ2n) is 16.8. The van der Waals surface area contributed by atoms with Gasteiger partial charge in [0.05, 0.1) is 6.10 Å². The summed E-state index contributed by atoms with van der Waals surface area (Å²) in [4.78, 5) is 0. The van der Waals surface area contributed by atoms with Crippen LogP contribution in [0, 0.1) is 0 Å². The van der Waals surface area contributed by atoms with Crippen LogP contribution in [-0.4, -0.2) is 160 Å². The van der Waals surface area contributed by atoms with Gasteiger partial charge >= 0.3 is 144 Å². The van der Waals surface area contributed by atoms with E-state index in [0.29, 0.717) is 0 Å². The fraction of sp³-hybridized carbons (Fsp3) is 0.939. The molecule has 0 aromatic carbocycles. The third kappa shape index (κ3) is 14.9. The van der Waals surface area contributed by atoms with Crippen molar-refractivity contribution in [2.75, 3.05) is 33.0 Å². The Morgan fingerprint density at radius 3 is 0.741 bits per heavy atom. The third-order valence-corrected chi connectivity index (χ3v) is 18.8. The van der Waals surface area contributed by atoms with Gasteiger partial charge in [-0.05, 0) is 32.1 Å². The summed E-state index contributed by atoms with van der Waals surface area (Å²) in [6.45, 7) is -23.0. The van der Waals surface area contributed by atoms with Crippen molar-refractivity contribution in [3.8, 4) is 0 Å². The number of hydrogen-bond acceptors (Lipinski definition) is 9. The molecule has 0 radical (unpaired) electrons. The fourth-order valence-electron chi connectivity index (χ4n) is 5.50. The Labute approximate surface area is 444 Å². The summed E-state index contributed by atoms with van der Waals surface area (Å²) in [6, 6.07) is 0. The van der Waals surface area contributed by atoms with Crippen LogP contribution in [0.2, 0.25) is 0 Å². The van der Waals surface area contributed by atoms with Gasteiger partial charge in [-0.3, -0.25) is 22.6 Å². The molecule has 506 valence electrons. The molecule has 0 saturated heterocycles. The molecule has 85 heavy (non-hydrogen) atoms. The molecule has 52 heteroatoms. The Morgan fingerprint density at radius 2 is 0.506 bits per heavy atom. The van der Waals surface area contributed by atoms with Crippen LogP contribution in [0.5, 0.6) is 0 Å². The SMILES string of the molecule is FC(F)C(F)(F)C(F)(F)C(F)(F)COP1(OCC(F)(F)C(F)(F)C(F)(F)C(F)F)=NP(OCC(F)(F)C(F)(F)C(F)(F)C(F)F)(OCC(F)(F)C(F)(F)C(F)(F)C(F)F)=NP(OCC(F)(F)C(F)(F)C(F)(F)C(F)F)(OC2CC/C=C\CCC2)=N1. The predicted molar refractivity (Wildman–Crippen MR) is 199 cm³/mol. The molecule has 2 aliphatic rings. The lowest BCUT2D eigenvalue weighted by Gasteiger charge is -2.39. The normalized spacial score (nSPS) is 21.5. The van der Waals surface area contributed by atoms with Gasteiger partial charge in [-0.1, -0.05) is 12.2 Å². The van der Waals surface area contributed by atoms with Crippen molar-refractivity contribution in [3.63, 3.8) is 0 Å². The Morgan fingerprint density at radius 1 is 0.306 bits per heavy atom. The number of hydrogen-bond donors (Lipinski definition) is 0. The quantitative estimate of drug-likeness (QED) is 0.0379. The van der Waals surface area contributed by atoms with Crippen molar-refractivity contribution >= 4 is 23.0 Å². The van der Waals surface area contributed by atoms with Gasteiger partial charge in [-0.2, -0.15) is 132 Å². The van der Waals surface area contributed by atoms with Crippen molar-refractivity contribution < 1.29 is 203 Å². The highest BCUT2D eigenvalue weighted by atomic mass is 31.3. The smallest absolute Gasteiger partial charge is 0.303 e. The van der Waals surface area contributed by atoms with Crippen molar-refractivity contribution in [3.05, 3.63) is 12.2 Å². The van der Waals surface area contributed by atoms with E-state index in [0.717, 1.165) is 12.2 Å². The van der Waals surface area contributed by atoms with Gasteiger partial charge in [-0.15, -0.1) is 13.5 Å². The van der Waals surface area contributed by atoms with Gasteiger partial charge in [0.15, 0.2) is 0 Å². The standard InChI is InChI=1S/C33H28F40N3O6P3/c34-14(35)24(54,55)29(64,65)19(44,45)8-77-83(78-9-20(46,47)30(66,67)25(56,57)15(36)37)74-84(79-10-21(48,49)31(68,69)26(58,59)16(38)39,80-11-22(50,51)32(70,71)27(60,61)17(40)41)76-85(75-83,82-13-6-4-2-1-3-5-7-13)81-12-23(52,53)33(72,73)28(62,63)18(42)43/h1-2,13-18H,3-12H2/b2-1-. The minimum absolute atomic E-state index is 0.465. The first-order valence-corrected chi connectivity index (χ1v) is 25.6. The molecular formula is C33H28F40N3O6P3. The average Bonchev–Trinajstić information content (AvgIpc) is 1.96. The minimum Gasteiger partial charge on any atom is -0.303 e. The van der Waals surface area contributed by atoms with Crippen molar-refractivity contribution in [2.24, 2.45) is 13.5 Å². The lowest BCUT2D eigenvalue weighted by molar-refractivity contribution is -0.344. The Balaban J connectivity index is 3.75. The number of rotatable bonds is 32. The predicted octanol–water partition coefficient (Wildman–Crippen LogP) is 18.7. The van der Waals surface area contributed by atoms with E-state index >= 15 is 43.9 Å². The fourth-order valence-corrected chi connectivity index (χ4v) is 15.2. The van der Waals surface area contributed by atoms with E-state index in [1.165, 1.54) is 0 Å². The third-order valence-electron chi connectivity index (χ3n) is 10.5. The monoisotopic (exact) mass is 1420 g/mol. The van der Waals surface area contributed by atoms with E-state index in [1.807, 2.05) is 4.52 Å². The molecule has 1 aliphatic heterocycles. The van der Waals surface area contributed by atoms with E-state index in [1.54, 1.807) is 0 Å². The molecular weight excluding hydrogens is 1390 g/mol. The first-order valence-electron chi connectivity index (χ1n) is 21.0. The molecule has 1 aliphatic carbocycles. The van der Waals surface area contributed by atoms with E-state index in [4.69, 9.17) is 4.52 Å². The lowest BCUT2D eigenvalue weighted by atomic mass is 10.0. The minimum atomic E-state index is -8.57. The van der Waals surface area contributed by atoms with Crippen molar-refractivity contribution in [1.29, 1.82) is 0 Å². The second kappa shape index (κ2) is 25.2. The molecule has 0 fully saturated rings. The van der Waals surface area contributed by atoms with Gasteiger partial charge in [0, 0.05) is 0 Å². The van der Waals surface area contributed by atoms with E-state index < -0.39 is 215 Å². The maximum Gasteiger partial charge on any atom is 0.380 e. The maximum absolute atomic E-state index is 15.3. The zero-order valence-electron chi connectivity index (χ0n) is 39.4. The number of nitrogens with zero attached hydrogens (tertiary/aromatic N) is 3. The van der Waals surface area contributed by atoms with Crippen LogP contribution in [0.4, 0.5) is 176 Å².